The van der Waals surface area contributed by atoms with Gasteiger partial charge in [0.1, 0.15) is 15.9 Å². The fourth-order valence-corrected chi connectivity index (χ4v) is 2.44. The second kappa shape index (κ2) is 5.48. The average Bonchev–Trinajstić information content (AvgIpc) is 2.81. The molecule has 0 bridgehead atoms. The maximum atomic E-state index is 11.8. The molecule has 17 heavy (non-hydrogen) atoms. The fraction of sp³-hybridized carbons (Fsp3) is 0.100. The highest BCUT2D eigenvalue weighted by atomic mass is 35.5. The first-order valence-electron chi connectivity index (χ1n) is 4.61. The third-order valence-electron chi connectivity index (χ3n) is 1.86. The number of rotatable bonds is 3. The van der Waals surface area contributed by atoms with Crippen LogP contribution in [0.25, 0.3) is 0 Å². The molecule has 0 aliphatic rings. The Hall–Kier alpha value is -1.11. The number of anilines is 1. The van der Waals surface area contributed by atoms with E-state index in [1.54, 1.807) is 17.5 Å². The van der Waals surface area contributed by atoms with Crippen LogP contribution in [0.2, 0.25) is 5.02 Å². The van der Waals surface area contributed by atoms with Crippen molar-refractivity contribution in [3.8, 4) is 0 Å². The summed E-state index contributed by atoms with van der Waals surface area (Å²) in [5.74, 6) is 0.189. The van der Waals surface area contributed by atoms with Gasteiger partial charge in [-0.3, -0.25) is 4.79 Å². The number of hydrogen-bond acceptors (Lipinski definition) is 5. The Labute approximate surface area is 111 Å². The van der Waals surface area contributed by atoms with Crippen molar-refractivity contribution in [3.63, 3.8) is 0 Å². The van der Waals surface area contributed by atoms with Crippen LogP contribution in [0.5, 0.6) is 0 Å². The van der Waals surface area contributed by atoms with Gasteiger partial charge in [-0.05, 0) is 18.4 Å². The molecule has 1 amide bonds. The van der Waals surface area contributed by atoms with E-state index in [2.05, 4.69) is 15.3 Å². The van der Waals surface area contributed by atoms with Crippen LogP contribution in [0.3, 0.4) is 0 Å². The van der Waals surface area contributed by atoms with Gasteiger partial charge < -0.3 is 5.32 Å². The molecule has 0 fully saturated rings. The zero-order valence-electron chi connectivity index (χ0n) is 8.81. The van der Waals surface area contributed by atoms with E-state index in [4.69, 9.17) is 11.6 Å². The zero-order chi connectivity index (χ0) is 12.3. The molecule has 0 aromatic carbocycles. The molecule has 1 N–H and O–H groups in total. The van der Waals surface area contributed by atoms with Gasteiger partial charge in [0.2, 0.25) is 0 Å². The number of nitrogens with one attached hydrogen (secondary N) is 1. The quantitative estimate of drug-likeness (QED) is 0.880. The predicted molar refractivity (Wildman–Crippen MR) is 71.1 cm³/mol. The van der Waals surface area contributed by atoms with E-state index in [1.807, 2.05) is 6.26 Å². The number of carbonyl (C=O) groups is 1. The Balaban J connectivity index is 2.08. The zero-order valence-corrected chi connectivity index (χ0v) is 11.2. The first kappa shape index (κ1) is 12.3. The summed E-state index contributed by atoms with van der Waals surface area (Å²) in [4.78, 5) is 19.9. The van der Waals surface area contributed by atoms with Gasteiger partial charge in [-0.15, -0.1) is 11.3 Å². The number of nitrogens with zero attached hydrogens (tertiary/aromatic N) is 2. The van der Waals surface area contributed by atoms with E-state index >= 15 is 0 Å². The number of halogens is 1. The molecule has 2 heterocycles. The van der Waals surface area contributed by atoms with Gasteiger partial charge in [-0.1, -0.05) is 23.4 Å². The average molecular weight is 286 g/mol. The van der Waals surface area contributed by atoms with Crippen molar-refractivity contribution >= 4 is 46.4 Å². The van der Waals surface area contributed by atoms with Gasteiger partial charge in [0.25, 0.3) is 5.91 Å². The van der Waals surface area contributed by atoms with Gasteiger partial charge in [-0.2, -0.15) is 0 Å². The molecule has 0 saturated carbocycles. The lowest BCUT2D eigenvalue weighted by molar-refractivity contribution is 0.102. The molecule has 2 rings (SSSR count). The van der Waals surface area contributed by atoms with Crippen LogP contribution in [-0.2, 0) is 0 Å². The van der Waals surface area contributed by atoms with Crippen molar-refractivity contribution in [2.24, 2.45) is 0 Å². The molecule has 2 aromatic rings. The molecule has 0 aliphatic heterocycles. The number of thiazole rings is 1. The summed E-state index contributed by atoms with van der Waals surface area (Å²) in [6.07, 6.45) is 3.40. The van der Waals surface area contributed by atoms with E-state index in [9.17, 15) is 4.79 Å². The van der Waals surface area contributed by atoms with E-state index < -0.39 is 0 Å². The standard InChI is InChI=1S/C10H8ClN3OS2/c1-16-10-13-7(5-17-10)9(15)14-8-3-2-6(11)4-12-8/h2-5H,1H3,(H,12,14,15). The van der Waals surface area contributed by atoms with Gasteiger partial charge in [0.15, 0.2) is 0 Å². The third kappa shape index (κ3) is 3.18. The Morgan fingerprint density at radius 3 is 2.94 bits per heavy atom. The van der Waals surface area contributed by atoms with Gasteiger partial charge >= 0.3 is 0 Å². The molecule has 0 atom stereocenters. The highest BCUT2D eigenvalue weighted by Crippen LogP contribution is 2.20. The van der Waals surface area contributed by atoms with Crippen LogP contribution in [-0.4, -0.2) is 22.1 Å². The number of aromatic nitrogens is 2. The highest BCUT2D eigenvalue weighted by Gasteiger charge is 2.10. The Morgan fingerprint density at radius 2 is 2.35 bits per heavy atom. The van der Waals surface area contributed by atoms with Crippen molar-refractivity contribution in [2.75, 3.05) is 11.6 Å². The van der Waals surface area contributed by atoms with Crippen LogP contribution in [0.15, 0.2) is 28.0 Å². The second-order valence-electron chi connectivity index (χ2n) is 3.02. The van der Waals surface area contributed by atoms with Crippen molar-refractivity contribution in [1.29, 1.82) is 0 Å². The minimum absolute atomic E-state index is 0.267. The molecule has 0 unspecified atom stereocenters. The normalized spacial score (nSPS) is 10.2. The molecule has 0 saturated heterocycles. The molecule has 4 nitrogen and oxygen atoms in total. The lowest BCUT2D eigenvalue weighted by Crippen LogP contribution is -2.13. The Kier molecular flexibility index (Phi) is 3.98. The highest BCUT2D eigenvalue weighted by molar-refractivity contribution is 8.00. The summed E-state index contributed by atoms with van der Waals surface area (Å²) in [6, 6.07) is 3.31. The summed E-state index contributed by atoms with van der Waals surface area (Å²) in [5.41, 5.74) is 0.399. The number of carbonyl (C=O) groups excluding carboxylic acids is 1. The van der Waals surface area contributed by atoms with Gasteiger partial charge in [0.05, 0.1) is 5.02 Å². The van der Waals surface area contributed by atoms with Crippen molar-refractivity contribution < 1.29 is 4.79 Å². The summed E-state index contributed by atoms with van der Waals surface area (Å²) in [6.45, 7) is 0. The molecule has 0 aliphatic carbocycles. The molecular formula is C10H8ClN3OS2. The predicted octanol–water partition coefficient (Wildman–Crippen LogP) is 3.17. The monoisotopic (exact) mass is 285 g/mol. The summed E-state index contributed by atoms with van der Waals surface area (Å²) >= 11 is 8.65. The molecule has 2 aromatic heterocycles. The third-order valence-corrected chi connectivity index (χ3v) is 3.95. The van der Waals surface area contributed by atoms with Crippen LogP contribution >= 0.6 is 34.7 Å². The Bertz CT molecular complexity index is 527. The van der Waals surface area contributed by atoms with E-state index in [1.165, 1.54) is 29.3 Å². The summed E-state index contributed by atoms with van der Waals surface area (Å²) in [5, 5.41) is 4.90. The first-order valence-corrected chi connectivity index (χ1v) is 7.09. The minimum Gasteiger partial charge on any atom is -0.305 e. The maximum absolute atomic E-state index is 11.8. The second-order valence-corrected chi connectivity index (χ2v) is 5.37. The topological polar surface area (TPSA) is 54.9 Å². The van der Waals surface area contributed by atoms with Crippen molar-refractivity contribution in [3.05, 3.63) is 34.4 Å². The number of pyridine rings is 1. The molecule has 7 heteroatoms. The summed E-state index contributed by atoms with van der Waals surface area (Å²) in [7, 11) is 0. The van der Waals surface area contributed by atoms with Crippen molar-refractivity contribution in [1.82, 2.24) is 9.97 Å². The van der Waals surface area contributed by atoms with Crippen LogP contribution in [0.4, 0.5) is 5.82 Å². The van der Waals surface area contributed by atoms with Crippen LogP contribution in [0.1, 0.15) is 10.5 Å². The molecular weight excluding hydrogens is 278 g/mol. The van der Waals surface area contributed by atoms with E-state index in [0.717, 1.165) is 4.34 Å². The molecule has 88 valence electrons. The molecule has 0 spiro atoms. The van der Waals surface area contributed by atoms with Gasteiger partial charge in [0, 0.05) is 11.6 Å². The SMILES string of the molecule is CSc1nc(C(=O)Nc2ccc(Cl)cn2)cs1. The summed E-state index contributed by atoms with van der Waals surface area (Å²) < 4.78 is 0.860. The Morgan fingerprint density at radius 1 is 1.53 bits per heavy atom. The van der Waals surface area contributed by atoms with Crippen molar-refractivity contribution in [2.45, 2.75) is 4.34 Å². The lowest BCUT2D eigenvalue weighted by Gasteiger charge is -2.01. The fourth-order valence-electron chi connectivity index (χ4n) is 1.09. The van der Waals surface area contributed by atoms with E-state index in [0.29, 0.717) is 16.5 Å². The van der Waals surface area contributed by atoms with E-state index in [-0.39, 0.29) is 5.91 Å². The first-order chi connectivity index (χ1) is 8.19. The largest absolute Gasteiger partial charge is 0.305 e. The van der Waals surface area contributed by atoms with Crippen LogP contribution in [0, 0.1) is 0 Å². The number of amides is 1. The van der Waals surface area contributed by atoms with Gasteiger partial charge in [-0.25, -0.2) is 9.97 Å². The van der Waals surface area contributed by atoms with Crippen LogP contribution < -0.4 is 5.32 Å². The number of hydrogen-bond donors (Lipinski definition) is 1. The lowest BCUT2D eigenvalue weighted by atomic mass is 10.4. The minimum atomic E-state index is -0.267. The smallest absolute Gasteiger partial charge is 0.276 e. The molecule has 0 radical (unpaired) electrons. The number of thioether (sulfide) groups is 1. The maximum Gasteiger partial charge on any atom is 0.276 e.